The van der Waals surface area contributed by atoms with Crippen molar-refractivity contribution in [1.82, 2.24) is 25.0 Å². The van der Waals surface area contributed by atoms with E-state index < -0.39 is 0 Å². The number of carbonyl (C=O) groups is 1. The van der Waals surface area contributed by atoms with Crippen LogP contribution >= 0.6 is 11.3 Å². The summed E-state index contributed by atoms with van der Waals surface area (Å²) in [6.45, 7) is 3.96. The Labute approximate surface area is 160 Å². The summed E-state index contributed by atoms with van der Waals surface area (Å²) in [5, 5.41) is 9.28. The summed E-state index contributed by atoms with van der Waals surface area (Å²) < 4.78 is 5.41. The third-order valence-corrected chi connectivity index (χ3v) is 5.35. The monoisotopic (exact) mass is 384 g/mol. The van der Waals surface area contributed by atoms with E-state index in [0.29, 0.717) is 23.4 Å². The molecule has 0 bridgehead atoms. The lowest BCUT2D eigenvalue weighted by atomic mass is 9.90. The molecule has 8 nitrogen and oxygen atoms in total. The second kappa shape index (κ2) is 7.93. The lowest BCUT2D eigenvalue weighted by Crippen LogP contribution is -2.39. The first-order chi connectivity index (χ1) is 13.2. The normalized spacial score (nSPS) is 15.7. The minimum absolute atomic E-state index is 0.0248. The van der Waals surface area contributed by atoms with Crippen molar-refractivity contribution in [3.05, 3.63) is 41.6 Å². The molecule has 1 amide bonds. The summed E-state index contributed by atoms with van der Waals surface area (Å²) in [5.74, 6) is 0.989. The van der Waals surface area contributed by atoms with Gasteiger partial charge in [0.15, 0.2) is 10.9 Å². The largest absolute Gasteiger partial charge is 0.356 e. The Hall–Kier alpha value is -2.65. The van der Waals surface area contributed by atoms with Gasteiger partial charge in [-0.25, -0.2) is 15.0 Å². The standard InChI is InChI=1S/C18H20N6O2S/c1-12-8-15(26-23-12)14-9-19-11-21-17(14)13-2-5-24(6-3-13)10-16(25)22-18-20-4-7-27-18/h4,7-9,11,13H,2-3,5-6,10H2,1H3,(H,20,22,25). The zero-order chi connectivity index (χ0) is 18.6. The van der Waals surface area contributed by atoms with Crippen LogP contribution in [-0.2, 0) is 4.79 Å². The average molecular weight is 384 g/mol. The Kier molecular flexibility index (Phi) is 5.21. The molecule has 27 heavy (non-hydrogen) atoms. The van der Waals surface area contributed by atoms with Gasteiger partial charge in [-0.2, -0.15) is 0 Å². The minimum Gasteiger partial charge on any atom is -0.356 e. The number of rotatable bonds is 5. The van der Waals surface area contributed by atoms with Gasteiger partial charge in [-0.05, 0) is 32.9 Å². The molecular weight excluding hydrogens is 364 g/mol. The molecule has 3 aromatic rings. The number of hydrogen-bond acceptors (Lipinski definition) is 8. The summed E-state index contributed by atoms with van der Waals surface area (Å²) in [4.78, 5) is 27.1. The van der Waals surface area contributed by atoms with Gasteiger partial charge < -0.3 is 9.84 Å². The fourth-order valence-electron chi connectivity index (χ4n) is 3.36. The molecule has 0 atom stereocenters. The van der Waals surface area contributed by atoms with Gasteiger partial charge in [0.1, 0.15) is 6.33 Å². The summed E-state index contributed by atoms with van der Waals surface area (Å²) in [7, 11) is 0. The Bertz CT molecular complexity index is 902. The first-order valence-corrected chi connectivity index (χ1v) is 9.72. The number of aromatic nitrogens is 4. The fraction of sp³-hybridized carbons (Fsp3) is 0.389. The van der Waals surface area contributed by atoms with E-state index in [9.17, 15) is 4.79 Å². The second-order valence-electron chi connectivity index (χ2n) is 6.59. The van der Waals surface area contributed by atoms with E-state index in [1.165, 1.54) is 11.3 Å². The number of nitrogens with one attached hydrogen (secondary N) is 1. The van der Waals surface area contributed by atoms with Crippen molar-refractivity contribution < 1.29 is 9.32 Å². The number of nitrogens with zero attached hydrogens (tertiary/aromatic N) is 5. The summed E-state index contributed by atoms with van der Waals surface area (Å²) in [6.07, 6.45) is 6.91. The third kappa shape index (κ3) is 4.20. The highest BCUT2D eigenvalue weighted by Gasteiger charge is 2.26. The molecule has 4 rings (SSSR count). The summed E-state index contributed by atoms with van der Waals surface area (Å²) in [6, 6.07) is 1.90. The molecule has 0 spiro atoms. The molecule has 4 heterocycles. The lowest BCUT2D eigenvalue weighted by Gasteiger charge is -2.31. The van der Waals surface area contributed by atoms with E-state index >= 15 is 0 Å². The second-order valence-corrected chi connectivity index (χ2v) is 7.48. The Balaban J connectivity index is 1.38. The van der Waals surface area contributed by atoms with E-state index in [-0.39, 0.29) is 5.91 Å². The van der Waals surface area contributed by atoms with E-state index in [2.05, 4.69) is 30.3 Å². The van der Waals surface area contributed by atoms with Crippen molar-refractivity contribution in [2.75, 3.05) is 25.0 Å². The molecule has 3 aromatic heterocycles. The smallest absolute Gasteiger partial charge is 0.240 e. The quantitative estimate of drug-likeness (QED) is 0.722. The Morgan fingerprint density at radius 1 is 1.37 bits per heavy atom. The SMILES string of the molecule is Cc1cc(-c2cncnc2C2CCN(CC(=O)Nc3nccs3)CC2)on1. The van der Waals surface area contributed by atoms with Gasteiger partial charge in [0.25, 0.3) is 0 Å². The number of anilines is 1. The zero-order valence-corrected chi connectivity index (χ0v) is 15.8. The Morgan fingerprint density at radius 3 is 2.93 bits per heavy atom. The van der Waals surface area contributed by atoms with Gasteiger partial charge in [0.05, 0.1) is 23.5 Å². The molecule has 0 aromatic carbocycles. The first-order valence-electron chi connectivity index (χ1n) is 8.84. The molecular formula is C18H20N6O2S. The number of piperidine rings is 1. The molecule has 0 unspecified atom stereocenters. The molecule has 140 valence electrons. The van der Waals surface area contributed by atoms with Crippen LogP contribution in [0.5, 0.6) is 0 Å². The van der Waals surface area contributed by atoms with Crippen molar-refractivity contribution >= 4 is 22.4 Å². The number of amides is 1. The Morgan fingerprint density at radius 2 is 2.22 bits per heavy atom. The van der Waals surface area contributed by atoms with Crippen LogP contribution in [0.1, 0.15) is 30.1 Å². The lowest BCUT2D eigenvalue weighted by molar-refractivity contribution is -0.117. The first kappa shape index (κ1) is 17.7. The zero-order valence-electron chi connectivity index (χ0n) is 15.0. The van der Waals surface area contributed by atoms with E-state index in [1.54, 1.807) is 18.7 Å². The van der Waals surface area contributed by atoms with Gasteiger partial charge in [-0.3, -0.25) is 9.69 Å². The highest BCUT2D eigenvalue weighted by Crippen LogP contribution is 2.33. The van der Waals surface area contributed by atoms with Crippen LogP contribution in [0.3, 0.4) is 0 Å². The predicted octanol–water partition coefficient (Wildman–Crippen LogP) is 2.71. The highest BCUT2D eigenvalue weighted by atomic mass is 32.1. The molecule has 0 saturated carbocycles. The van der Waals surface area contributed by atoms with Gasteiger partial charge >= 0.3 is 0 Å². The van der Waals surface area contributed by atoms with Crippen LogP contribution in [0.4, 0.5) is 5.13 Å². The molecule has 1 aliphatic heterocycles. The van der Waals surface area contributed by atoms with Crippen molar-refractivity contribution in [3.8, 4) is 11.3 Å². The topological polar surface area (TPSA) is 97.0 Å². The molecule has 1 saturated heterocycles. The van der Waals surface area contributed by atoms with Gasteiger partial charge in [-0.15, -0.1) is 11.3 Å². The number of aryl methyl sites for hydroxylation is 1. The van der Waals surface area contributed by atoms with E-state index in [1.807, 2.05) is 18.4 Å². The van der Waals surface area contributed by atoms with Crippen molar-refractivity contribution in [2.24, 2.45) is 0 Å². The molecule has 0 aliphatic carbocycles. The minimum atomic E-state index is -0.0248. The maximum absolute atomic E-state index is 12.1. The van der Waals surface area contributed by atoms with Crippen LogP contribution in [-0.4, -0.2) is 50.5 Å². The summed E-state index contributed by atoms with van der Waals surface area (Å²) >= 11 is 1.42. The van der Waals surface area contributed by atoms with Crippen LogP contribution in [0, 0.1) is 6.92 Å². The van der Waals surface area contributed by atoms with Gasteiger partial charge in [-0.1, -0.05) is 5.16 Å². The van der Waals surface area contributed by atoms with Crippen LogP contribution in [0.15, 0.2) is 34.7 Å². The van der Waals surface area contributed by atoms with Crippen LogP contribution < -0.4 is 5.32 Å². The fourth-order valence-corrected chi connectivity index (χ4v) is 3.90. The van der Waals surface area contributed by atoms with Gasteiger partial charge in [0, 0.05) is 29.8 Å². The predicted molar refractivity (Wildman–Crippen MR) is 101 cm³/mol. The molecule has 9 heteroatoms. The molecule has 1 aliphatic rings. The number of thiazole rings is 1. The maximum Gasteiger partial charge on any atom is 0.240 e. The average Bonchev–Trinajstić information content (AvgIpc) is 3.34. The van der Waals surface area contributed by atoms with Gasteiger partial charge in [0.2, 0.25) is 5.91 Å². The van der Waals surface area contributed by atoms with Crippen molar-refractivity contribution in [3.63, 3.8) is 0 Å². The number of likely N-dealkylation sites (tertiary alicyclic amines) is 1. The van der Waals surface area contributed by atoms with Crippen LogP contribution in [0.25, 0.3) is 11.3 Å². The van der Waals surface area contributed by atoms with E-state index in [0.717, 1.165) is 42.9 Å². The van der Waals surface area contributed by atoms with Crippen LogP contribution in [0.2, 0.25) is 0 Å². The molecule has 1 N–H and O–H groups in total. The third-order valence-electron chi connectivity index (χ3n) is 4.66. The summed E-state index contributed by atoms with van der Waals surface area (Å²) in [5.41, 5.74) is 2.73. The van der Waals surface area contributed by atoms with Crippen molar-refractivity contribution in [1.29, 1.82) is 0 Å². The number of carbonyl (C=O) groups excluding carboxylic acids is 1. The van der Waals surface area contributed by atoms with Crippen molar-refractivity contribution in [2.45, 2.75) is 25.7 Å². The maximum atomic E-state index is 12.1. The van der Waals surface area contributed by atoms with E-state index in [4.69, 9.17) is 4.52 Å². The molecule has 1 fully saturated rings. The number of hydrogen-bond donors (Lipinski definition) is 1. The highest BCUT2D eigenvalue weighted by molar-refractivity contribution is 7.13. The molecule has 0 radical (unpaired) electrons.